The van der Waals surface area contributed by atoms with Crippen LogP contribution in [0.25, 0.3) is 0 Å². The Morgan fingerprint density at radius 1 is 1.40 bits per heavy atom. The van der Waals surface area contributed by atoms with Gasteiger partial charge in [-0.25, -0.2) is 0 Å². The molecule has 0 spiro atoms. The average Bonchev–Trinajstić information content (AvgIpc) is 2.47. The van der Waals surface area contributed by atoms with Gasteiger partial charge in [0.25, 0.3) is 5.56 Å². The second kappa shape index (κ2) is 6.55. The van der Waals surface area contributed by atoms with Gasteiger partial charge >= 0.3 is 0 Å². The maximum absolute atomic E-state index is 12.7. The first-order chi connectivity index (χ1) is 9.62. The van der Waals surface area contributed by atoms with Gasteiger partial charge < -0.3 is 9.88 Å². The van der Waals surface area contributed by atoms with Crippen molar-refractivity contribution in [2.75, 3.05) is 20.1 Å². The highest BCUT2D eigenvalue weighted by Crippen LogP contribution is 2.22. The lowest BCUT2D eigenvalue weighted by Gasteiger charge is -2.31. The van der Waals surface area contributed by atoms with Crippen LogP contribution in [0.2, 0.25) is 0 Å². The van der Waals surface area contributed by atoms with E-state index in [0.29, 0.717) is 6.54 Å². The van der Waals surface area contributed by atoms with Crippen molar-refractivity contribution in [1.82, 2.24) is 14.8 Å². The smallest absolute Gasteiger partial charge is 0.255 e. The summed E-state index contributed by atoms with van der Waals surface area (Å²) in [5, 5.41) is 3.11. The van der Waals surface area contributed by atoms with Crippen LogP contribution in [0.3, 0.4) is 0 Å². The minimum Gasteiger partial charge on any atom is -0.315 e. The number of hydrogen-bond acceptors (Lipinski definition) is 3. The molecular weight excluding hydrogens is 250 g/mol. The Labute approximate surface area is 121 Å². The number of aromatic nitrogens is 1. The second-order valence-corrected chi connectivity index (χ2v) is 5.72. The molecule has 0 aliphatic carbocycles. The SMILES string of the molecule is CCC(C)n1c2c(cc(CNC)c1=O)CN(CC)CC2. The molecule has 0 amide bonds. The first-order valence-corrected chi connectivity index (χ1v) is 7.75. The summed E-state index contributed by atoms with van der Waals surface area (Å²) in [6.45, 7) is 10.2. The fourth-order valence-corrected chi connectivity index (χ4v) is 3.03. The Balaban J connectivity index is 2.54. The molecule has 2 heterocycles. The van der Waals surface area contributed by atoms with Crippen molar-refractivity contribution in [3.8, 4) is 0 Å². The molecule has 1 aliphatic rings. The summed E-state index contributed by atoms with van der Waals surface area (Å²) in [7, 11) is 1.89. The third-order valence-electron chi connectivity index (χ3n) is 4.41. The Hall–Kier alpha value is -1.13. The van der Waals surface area contributed by atoms with Gasteiger partial charge in [0.05, 0.1) is 0 Å². The van der Waals surface area contributed by atoms with E-state index in [0.717, 1.165) is 38.0 Å². The van der Waals surface area contributed by atoms with Crippen LogP contribution in [0.1, 0.15) is 50.1 Å². The summed E-state index contributed by atoms with van der Waals surface area (Å²) in [5.74, 6) is 0. The van der Waals surface area contributed by atoms with E-state index in [9.17, 15) is 4.79 Å². The van der Waals surface area contributed by atoms with Crippen LogP contribution in [-0.4, -0.2) is 29.6 Å². The molecule has 0 saturated heterocycles. The summed E-state index contributed by atoms with van der Waals surface area (Å²) in [5.41, 5.74) is 3.68. The number of nitrogens with one attached hydrogen (secondary N) is 1. The molecule has 112 valence electrons. The molecule has 1 unspecified atom stereocenters. The molecule has 1 N–H and O–H groups in total. The van der Waals surface area contributed by atoms with Crippen molar-refractivity contribution in [3.05, 3.63) is 33.2 Å². The topological polar surface area (TPSA) is 37.3 Å². The molecule has 0 bridgehead atoms. The van der Waals surface area contributed by atoms with Gasteiger partial charge in [-0.1, -0.05) is 13.8 Å². The summed E-state index contributed by atoms with van der Waals surface area (Å²) < 4.78 is 2.05. The number of pyridine rings is 1. The minimum absolute atomic E-state index is 0.192. The monoisotopic (exact) mass is 277 g/mol. The van der Waals surface area contributed by atoms with E-state index in [1.54, 1.807) is 0 Å². The molecule has 4 nitrogen and oxygen atoms in total. The zero-order chi connectivity index (χ0) is 14.7. The Morgan fingerprint density at radius 3 is 2.75 bits per heavy atom. The van der Waals surface area contributed by atoms with Crippen LogP contribution in [0.15, 0.2) is 10.9 Å². The van der Waals surface area contributed by atoms with Crippen LogP contribution in [0.4, 0.5) is 0 Å². The highest BCUT2D eigenvalue weighted by atomic mass is 16.1. The van der Waals surface area contributed by atoms with E-state index in [-0.39, 0.29) is 11.6 Å². The van der Waals surface area contributed by atoms with Crippen LogP contribution in [0, 0.1) is 0 Å². The molecule has 0 saturated carbocycles. The van der Waals surface area contributed by atoms with E-state index < -0.39 is 0 Å². The van der Waals surface area contributed by atoms with Crippen molar-refractivity contribution in [2.24, 2.45) is 0 Å². The second-order valence-electron chi connectivity index (χ2n) is 5.72. The zero-order valence-electron chi connectivity index (χ0n) is 13.2. The van der Waals surface area contributed by atoms with E-state index in [2.05, 4.69) is 41.6 Å². The van der Waals surface area contributed by atoms with Crippen molar-refractivity contribution in [2.45, 2.75) is 52.7 Å². The molecular formula is C16H27N3O. The lowest BCUT2D eigenvalue weighted by atomic mass is 10.0. The van der Waals surface area contributed by atoms with Crippen LogP contribution in [0.5, 0.6) is 0 Å². The predicted octanol–water partition coefficient (Wildman–Crippen LogP) is 1.92. The average molecular weight is 277 g/mol. The third-order valence-corrected chi connectivity index (χ3v) is 4.41. The van der Waals surface area contributed by atoms with E-state index in [1.165, 1.54) is 11.3 Å². The van der Waals surface area contributed by atoms with Crippen molar-refractivity contribution >= 4 is 0 Å². The fraction of sp³-hybridized carbons (Fsp3) is 0.688. The van der Waals surface area contributed by atoms with E-state index >= 15 is 0 Å². The molecule has 0 fully saturated rings. The Kier molecular flexibility index (Phi) is 5.00. The van der Waals surface area contributed by atoms with Gasteiger partial charge in [0.15, 0.2) is 0 Å². The molecule has 2 rings (SSSR count). The number of rotatable bonds is 5. The number of nitrogens with zero attached hydrogens (tertiary/aromatic N) is 2. The number of hydrogen-bond donors (Lipinski definition) is 1. The molecule has 1 aromatic heterocycles. The van der Waals surface area contributed by atoms with E-state index in [1.807, 2.05) is 7.05 Å². The van der Waals surface area contributed by atoms with E-state index in [4.69, 9.17) is 0 Å². The largest absolute Gasteiger partial charge is 0.315 e. The molecule has 1 atom stereocenters. The minimum atomic E-state index is 0.192. The highest BCUT2D eigenvalue weighted by Gasteiger charge is 2.22. The first kappa shape index (κ1) is 15.3. The summed E-state index contributed by atoms with van der Waals surface area (Å²) in [6, 6.07) is 2.40. The van der Waals surface area contributed by atoms with Gasteiger partial charge in [-0.05, 0) is 38.6 Å². The maximum atomic E-state index is 12.7. The number of fused-ring (bicyclic) bond motifs is 1. The Morgan fingerprint density at radius 2 is 2.15 bits per heavy atom. The third kappa shape index (κ3) is 2.81. The molecule has 0 radical (unpaired) electrons. The van der Waals surface area contributed by atoms with Crippen LogP contribution in [-0.2, 0) is 19.5 Å². The normalized spacial score (nSPS) is 17.0. The number of likely N-dealkylation sites (N-methyl/N-ethyl adjacent to an activating group) is 1. The zero-order valence-corrected chi connectivity index (χ0v) is 13.2. The van der Waals surface area contributed by atoms with Crippen molar-refractivity contribution in [1.29, 1.82) is 0 Å². The summed E-state index contributed by atoms with van der Waals surface area (Å²) in [4.78, 5) is 15.1. The van der Waals surface area contributed by atoms with Gasteiger partial charge in [0.2, 0.25) is 0 Å². The van der Waals surface area contributed by atoms with Crippen molar-refractivity contribution < 1.29 is 0 Å². The molecule has 0 aromatic carbocycles. The van der Waals surface area contributed by atoms with Gasteiger partial charge in [0.1, 0.15) is 0 Å². The molecule has 1 aromatic rings. The van der Waals surface area contributed by atoms with Crippen molar-refractivity contribution in [3.63, 3.8) is 0 Å². The Bertz CT molecular complexity index is 521. The highest BCUT2D eigenvalue weighted by molar-refractivity contribution is 5.29. The molecule has 4 heteroatoms. The summed E-state index contributed by atoms with van der Waals surface area (Å²) >= 11 is 0. The quantitative estimate of drug-likeness (QED) is 0.893. The van der Waals surface area contributed by atoms with Crippen LogP contribution >= 0.6 is 0 Å². The lowest BCUT2D eigenvalue weighted by Crippen LogP contribution is -2.38. The molecule has 20 heavy (non-hydrogen) atoms. The first-order valence-electron chi connectivity index (χ1n) is 7.75. The standard InChI is InChI=1S/C16H27N3O/c1-5-12(3)19-15-7-8-18(6-2)11-14(15)9-13(10-17-4)16(19)20/h9,12,17H,5-8,10-11H2,1-4H3. The molecule has 1 aliphatic heterocycles. The predicted molar refractivity (Wildman–Crippen MR) is 83.1 cm³/mol. The van der Waals surface area contributed by atoms with Gasteiger partial charge in [-0.3, -0.25) is 9.69 Å². The maximum Gasteiger partial charge on any atom is 0.255 e. The van der Waals surface area contributed by atoms with Gasteiger partial charge in [-0.15, -0.1) is 0 Å². The fourth-order valence-electron chi connectivity index (χ4n) is 3.03. The summed E-state index contributed by atoms with van der Waals surface area (Å²) in [6.07, 6.45) is 1.98. The lowest BCUT2D eigenvalue weighted by molar-refractivity contribution is 0.259. The van der Waals surface area contributed by atoms with Crippen LogP contribution < -0.4 is 10.9 Å². The van der Waals surface area contributed by atoms with Gasteiger partial charge in [-0.2, -0.15) is 0 Å². The van der Waals surface area contributed by atoms with Gasteiger partial charge in [0, 0.05) is 43.4 Å².